The van der Waals surface area contributed by atoms with Crippen molar-refractivity contribution in [1.29, 1.82) is 0 Å². The monoisotopic (exact) mass is 265 g/mol. The van der Waals surface area contributed by atoms with Crippen molar-refractivity contribution in [2.75, 3.05) is 17.6 Å². The Hall–Kier alpha value is -1.70. The fourth-order valence-corrected chi connectivity index (χ4v) is 1.99. The van der Waals surface area contributed by atoms with Crippen LogP contribution < -0.4 is 4.72 Å². The number of esters is 1. The lowest BCUT2D eigenvalue weighted by Gasteiger charge is -2.07. The van der Waals surface area contributed by atoms with Crippen molar-refractivity contribution in [3.8, 4) is 0 Å². The van der Waals surface area contributed by atoms with E-state index >= 15 is 0 Å². The molecule has 0 heterocycles. The molecule has 0 aliphatic carbocycles. The third-order valence-corrected chi connectivity index (χ3v) is 2.88. The molecule has 0 aliphatic rings. The standard InChI is InChI=1S/C9H9F2NO4S/c1-16-9(13)5-17(14,15)12-8-3-2-6(10)4-7(8)11/h2-4,12H,5H2,1H3. The molecule has 0 radical (unpaired) electrons. The van der Waals surface area contributed by atoms with Crippen LogP contribution in [-0.2, 0) is 19.6 Å². The maximum atomic E-state index is 13.1. The summed E-state index contributed by atoms with van der Waals surface area (Å²) in [5.74, 6) is -3.84. The molecule has 1 aromatic carbocycles. The van der Waals surface area contributed by atoms with Gasteiger partial charge in [-0.05, 0) is 12.1 Å². The molecule has 1 rings (SSSR count). The molecule has 17 heavy (non-hydrogen) atoms. The van der Waals surface area contributed by atoms with E-state index < -0.39 is 39.1 Å². The molecule has 94 valence electrons. The summed E-state index contributed by atoms with van der Waals surface area (Å²) in [5, 5.41) is 0. The van der Waals surface area contributed by atoms with Crippen molar-refractivity contribution in [2.24, 2.45) is 0 Å². The highest BCUT2D eigenvalue weighted by atomic mass is 32.2. The largest absolute Gasteiger partial charge is 0.468 e. The molecular formula is C9H9F2NO4S. The number of hydrogen-bond donors (Lipinski definition) is 1. The second kappa shape index (κ2) is 5.09. The number of nitrogens with one attached hydrogen (secondary N) is 1. The number of benzene rings is 1. The number of carbonyl (C=O) groups excluding carboxylic acids is 1. The van der Waals surface area contributed by atoms with E-state index in [0.29, 0.717) is 6.07 Å². The highest BCUT2D eigenvalue weighted by Gasteiger charge is 2.18. The SMILES string of the molecule is COC(=O)CS(=O)(=O)Nc1ccc(F)cc1F. The van der Waals surface area contributed by atoms with E-state index in [4.69, 9.17) is 0 Å². The molecule has 0 atom stereocenters. The van der Waals surface area contributed by atoms with Gasteiger partial charge in [-0.25, -0.2) is 17.2 Å². The van der Waals surface area contributed by atoms with Gasteiger partial charge in [0, 0.05) is 6.07 Å². The van der Waals surface area contributed by atoms with Gasteiger partial charge in [-0.2, -0.15) is 0 Å². The van der Waals surface area contributed by atoms with Gasteiger partial charge in [0.25, 0.3) is 0 Å². The zero-order valence-electron chi connectivity index (χ0n) is 8.74. The molecule has 0 fully saturated rings. The number of sulfonamides is 1. The minimum atomic E-state index is -4.07. The summed E-state index contributed by atoms with van der Waals surface area (Å²) in [4.78, 5) is 10.8. The average Bonchev–Trinajstić information content (AvgIpc) is 2.21. The Bertz CT molecular complexity index is 530. The Labute approximate surface area is 96.4 Å². The van der Waals surface area contributed by atoms with Crippen molar-refractivity contribution in [1.82, 2.24) is 0 Å². The van der Waals surface area contributed by atoms with E-state index in [2.05, 4.69) is 4.74 Å². The van der Waals surface area contributed by atoms with Gasteiger partial charge in [-0.1, -0.05) is 0 Å². The van der Waals surface area contributed by atoms with Crippen LogP contribution in [-0.4, -0.2) is 27.2 Å². The Balaban J connectivity index is 2.87. The van der Waals surface area contributed by atoms with Crippen LogP contribution in [0.1, 0.15) is 0 Å². The van der Waals surface area contributed by atoms with Gasteiger partial charge in [0.05, 0.1) is 12.8 Å². The zero-order chi connectivity index (χ0) is 13.1. The van der Waals surface area contributed by atoms with Crippen molar-refractivity contribution in [3.05, 3.63) is 29.8 Å². The van der Waals surface area contributed by atoms with Gasteiger partial charge >= 0.3 is 5.97 Å². The molecule has 0 saturated carbocycles. The molecule has 0 aliphatic heterocycles. The predicted octanol–water partition coefficient (Wildman–Crippen LogP) is 0.879. The topological polar surface area (TPSA) is 72.5 Å². The molecule has 5 nitrogen and oxygen atoms in total. The van der Waals surface area contributed by atoms with Gasteiger partial charge in [0.15, 0.2) is 5.75 Å². The molecule has 0 bridgehead atoms. The summed E-state index contributed by atoms with van der Waals surface area (Å²) in [6.07, 6.45) is 0. The smallest absolute Gasteiger partial charge is 0.322 e. The predicted molar refractivity (Wildman–Crippen MR) is 55.8 cm³/mol. The first-order chi connectivity index (χ1) is 7.84. The van der Waals surface area contributed by atoms with Crippen LogP contribution in [0.5, 0.6) is 0 Å². The van der Waals surface area contributed by atoms with Crippen LogP contribution in [0, 0.1) is 11.6 Å². The summed E-state index contributed by atoms with van der Waals surface area (Å²) in [5.41, 5.74) is -0.435. The van der Waals surface area contributed by atoms with Crippen molar-refractivity contribution in [3.63, 3.8) is 0 Å². The number of halogens is 2. The van der Waals surface area contributed by atoms with E-state index in [-0.39, 0.29) is 0 Å². The van der Waals surface area contributed by atoms with Crippen LogP contribution in [0.25, 0.3) is 0 Å². The summed E-state index contributed by atoms with van der Waals surface area (Å²) in [7, 11) is -3.04. The van der Waals surface area contributed by atoms with Gasteiger partial charge in [0.1, 0.15) is 11.6 Å². The fourth-order valence-electron chi connectivity index (χ4n) is 0.990. The van der Waals surface area contributed by atoms with Crippen molar-refractivity contribution < 1.29 is 26.7 Å². The van der Waals surface area contributed by atoms with Crippen molar-refractivity contribution >= 4 is 21.7 Å². The van der Waals surface area contributed by atoms with E-state index in [1.54, 1.807) is 0 Å². The lowest BCUT2D eigenvalue weighted by molar-refractivity contribution is -0.137. The fraction of sp³-hybridized carbons (Fsp3) is 0.222. The number of hydrogen-bond acceptors (Lipinski definition) is 4. The zero-order valence-corrected chi connectivity index (χ0v) is 9.55. The number of anilines is 1. The second-order valence-electron chi connectivity index (χ2n) is 3.06. The molecule has 0 aromatic heterocycles. The normalized spacial score (nSPS) is 11.0. The van der Waals surface area contributed by atoms with Crippen LogP contribution in [0.3, 0.4) is 0 Å². The summed E-state index contributed by atoms with van der Waals surface area (Å²) in [6.45, 7) is 0. The van der Waals surface area contributed by atoms with E-state index in [1.165, 1.54) is 0 Å². The van der Waals surface area contributed by atoms with Crippen LogP contribution in [0.4, 0.5) is 14.5 Å². The third-order valence-electron chi connectivity index (χ3n) is 1.73. The first-order valence-corrected chi connectivity index (χ1v) is 6.01. The van der Waals surface area contributed by atoms with E-state index in [1.807, 2.05) is 4.72 Å². The number of rotatable bonds is 4. The van der Waals surface area contributed by atoms with Gasteiger partial charge in [-0.15, -0.1) is 0 Å². The molecule has 0 unspecified atom stereocenters. The number of carbonyl (C=O) groups is 1. The van der Waals surface area contributed by atoms with Crippen LogP contribution in [0.2, 0.25) is 0 Å². The van der Waals surface area contributed by atoms with Gasteiger partial charge < -0.3 is 4.74 Å². The number of ether oxygens (including phenoxy) is 1. The van der Waals surface area contributed by atoms with E-state index in [9.17, 15) is 22.0 Å². The Morgan fingerprint density at radius 1 is 1.41 bits per heavy atom. The first-order valence-electron chi connectivity index (χ1n) is 4.36. The summed E-state index contributed by atoms with van der Waals surface area (Å²) in [6, 6.07) is 2.33. The lowest BCUT2D eigenvalue weighted by Crippen LogP contribution is -2.24. The molecule has 1 N–H and O–H groups in total. The van der Waals surface area contributed by atoms with Crippen LogP contribution >= 0.6 is 0 Å². The maximum absolute atomic E-state index is 13.1. The minimum absolute atomic E-state index is 0.435. The Kier molecular flexibility index (Phi) is 4.00. The highest BCUT2D eigenvalue weighted by molar-refractivity contribution is 7.93. The van der Waals surface area contributed by atoms with Gasteiger partial charge in [-0.3, -0.25) is 9.52 Å². The second-order valence-corrected chi connectivity index (χ2v) is 4.78. The van der Waals surface area contributed by atoms with E-state index in [0.717, 1.165) is 19.2 Å². The van der Waals surface area contributed by atoms with Gasteiger partial charge in [0.2, 0.25) is 10.0 Å². The van der Waals surface area contributed by atoms with Crippen molar-refractivity contribution in [2.45, 2.75) is 0 Å². The van der Waals surface area contributed by atoms with Crippen LogP contribution in [0.15, 0.2) is 18.2 Å². The quantitative estimate of drug-likeness (QED) is 0.820. The summed E-state index contributed by atoms with van der Waals surface area (Å²) < 4.78 is 54.3. The Morgan fingerprint density at radius 3 is 2.59 bits per heavy atom. The summed E-state index contributed by atoms with van der Waals surface area (Å²) >= 11 is 0. The minimum Gasteiger partial charge on any atom is -0.468 e. The number of methoxy groups -OCH3 is 1. The molecule has 8 heteroatoms. The third kappa shape index (κ3) is 3.99. The molecule has 1 aromatic rings. The lowest BCUT2D eigenvalue weighted by atomic mass is 10.3. The molecular weight excluding hydrogens is 256 g/mol. The highest BCUT2D eigenvalue weighted by Crippen LogP contribution is 2.16. The molecule has 0 spiro atoms. The first kappa shape index (κ1) is 13.4. The Morgan fingerprint density at radius 2 is 2.06 bits per heavy atom. The molecule has 0 amide bonds. The maximum Gasteiger partial charge on any atom is 0.322 e. The molecule has 0 saturated heterocycles. The average molecular weight is 265 g/mol.